The van der Waals surface area contributed by atoms with Crippen molar-refractivity contribution in [3.05, 3.63) is 29.8 Å². The normalized spacial score (nSPS) is 21.6. The lowest BCUT2D eigenvalue weighted by Gasteiger charge is -2.10. The summed E-state index contributed by atoms with van der Waals surface area (Å²) in [5, 5.41) is 11.5. The molecule has 0 saturated carbocycles. The minimum atomic E-state index is -0.823. The summed E-state index contributed by atoms with van der Waals surface area (Å²) >= 11 is 0. The van der Waals surface area contributed by atoms with Crippen molar-refractivity contribution in [1.29, 1.82) is 0 Å². The fraction of sp³-hybridized carbons (Fsp3) is 0.467. The molecule has 1 fully saturated rings. The Kier molecular flexibility index (Phi) is 4.74. The number of amides is 1. The van der Waals surface area contributed by atoms with Gasteiger partial charge in [0, 0.05) is 12.1 Å². The monoisotopic (exact) mass is 277 g/mol. The molecular formula is C15H19NO4. The fourth-order valence-electron chi connectivity index (χ4n) is 2.30. The van der Waals surface area contributed by atoms with Crippen LogP contribution in [0.15, 0.2) is 24.3 Å². The van der Waals surface area contributed by atoms with Crippen LogP contribution < -0.4 is 5.32 Å². The zero-order chi connectivity index (χ0) is 14.5. The van der Waals surface area contributed by atoms with Crippen LogP contribution in [0.25, 0.3) is 0 Å². The molecule has 1 aromatic carbocycles. The summed E-state index contributed by atoms with van der Waals surface area (Å²) < 4.78 is 5.39. The highest BCUT2D eigenvalue weighted by Crippen LogP contribution is 2.21. The van der Waals surface area contributed by atoms with E-state index in [1.165, 1.54) is 0 Å². The van der Waals surface area contributed by atoms with E-state index in [0.717, 1.165) is 12.0 Å². The molecule has 1 saturated heterocycles. The molecule has 0 aromatic heterocycles. The van der Waals surface area contributed by atoms with Crippen molar-refractivity contribution in [2.75, 3.05) is 11.9 Å². The van der Waals surface area contributed by atoms with Crippen molar-refractivity contribution >= 4 is 17.6 Å². The number of carbonyl (C=O) groups is 2. The van der Waals surface area contributed by atoms with E-state index in [0.29, 0.717) is 18.7 Å². The van der Waals surface area contributed by atoms with E-state index in [4.69, 9.17) is 9.84 Å². The van der Waals surface area contributed by atoms with Crippen LogP contribution in [0.3, 0.4) is 0 Å². The molecule has 2 unspecified atom stereocenters. The van der Waals surface area contributed by atoms with Gasteiger partial charge in [0.2, 0.25) is 5.91 Å². The van der Waals surface area contributed by atoms with Crippen molar-refractivity contribution in [2.45, 2.75) is 32.3 Å². The summed E-state index contributed by atoms with van der Waals surface area (Å²) in [6.07, 6.45) is 1.42. The lowest BCUT2D eigenvalue weighted by molar-refractivity contribution is -0.137. The van der Waals surface area contributed by atoms with Gasteiger partial charge in [0.1, 0.15) is 0 Å². The van der Waals surface area contributed by atoms with Crippen LogP contribution in [-0.2, 0) is 20.7 Å². The Morgan fingerprint density at radius 1 is 1.45 bits per heavy atom. The number of anilines is 1. The molecule has 5 nitrogen and oxygen atoms in total. The van der Waals surface area contributed by atoms with Crippen LogP contribution in [0.4, 0.5) is 5.69 Å². The number of carboxylic acids is 1. The molecule has 0 bridgehead atoms. The molecule has 2 N–H and O–H groups in total. The molecule has 0 spiro atoms. The molecule has 1 amide bonds. The maximum Gasteiger partial charge on any atom is 0.303 e. The first-order valence-electron chi connectivity index (χ1n) is 6.78. The zero-order valence-corrected chi connectivity index (χ0v) is 11.5. The van der Waals surface area contributed by atoms with Crippen molar-refractivity contribution in [2.24, 2.45) is 5.92 Å². The van der Waals surface area contributed by atoms with Crippen LogP contribution in [-0.4, -0.2) is 29.7 Å². The van der Waals surface area contributed by atoms with E-state index >= 15 is 0 Å². The summed E-state index contributed by atoms with van der Waals surface area (Å²) in [4.78, 5) is 22.6. The first kappa shape index (κ1) is 14.5. The smallest absolute Gasteiger partial charge is 0.303 e. The van der Waals surface area contributed by atoms with Gasteiger partial charge in [-0.1, -0.05) is 12.1 Å². The van der Waals surface area contributed by atoms with E-state index in [2.05, 4.69) is 5.32 Å². The minimum absolute atomic E-state index is 0.0373. The third-order valence-electron chi connectivity index (χ3n) is 3.39. The number of nitrogens with one attached hydrogen (secondary N) is 1. The summed E-state index contributed by atoms with van der Waals surface area (Å²) in [6.45, 7) is 2.42. The van der Waals surface area contributed by atoms with Gasteiger partial charge in [-0.05, 0) is 37.5 Å². The summed E-state index contributed by atoms with van der Waals surface area (Å²) in [5.74, 6) is -0.964. The summed E-state index contributed by atoms with van der Waals surface area (Å²) in [7, 11) is 0. The van der Waals surface area contributed by atoms with Crippen LogP contribution in [0.2, 0.25) is 0 Å². The molecule has 0 aliphatic carbocycles. The minimum Gasteiger partial charge on any atom is -0.481 e. The second-order valence-electron chi connectivity index (χ2n) is 5.16. The van der Waals surface area contributed by atoms with Gasteiger partial charge in [-0.3, -0.25) is 9.59 Å². The van der Waals surface area contributed by atoms with E-state index in [1.54, 1.807) is 6.07 Å². The van der Waals surface area contributed by atoms with Crippen molar-refractivity contribution in [3.63, 3.8) is 0 Å². The van der Waals surface area contributed by atoms with Crippen LogP contribution >= 0.6 is 0 Å². The van der Waals surface area contributed by atoms with Gasteiger partial charge in [0.15, 0.2) is 0 Å². The number of carbonyl (C=O) groups excluding carboxylic acids is 1. The molecule has 1 aliphatic rings. The molecule has 1 aliphatic heterocycles. The van der Waals surface area contributed by atoms with Gasteiger partial charge in [0.25, 0.3) is 0 Å². The molecule has 0 radical (unpaired) electrons. The fourth-order valence-corrected chi connectivity index (χ4v) is 2.30. The number of ether oxygens (including phenoxy) is 1. The van der Waals surface area contributed by atoms with Gasteiger partial charge in [0.05, 0.1) is 18.6 Å². The standard InChI is InChI=1S/C15H19NO4/c1-10-7-12(9-20-10)15(19)16-13-4-2-3-11(8-13)5-6-14(17)18/h2-4,8,10,12H,5-7,9H2,1H3,(H,16,19)(H,17,18). The number of rotatable bonds is 5. The van der Waals surface area contributed by atoms with Crippen molar-refractivity contribution in [1.82, 2.24) is 0 Å². The number of hydrogen-bond acceptors (Lipinski definition) is 3. The molecular weight excluding hydrogens is 258 g/mol. The molecule has 2 rings (SSSR count). The van der Waals surface area contributed by atoms with Gasteiger partial charge in [-0.25, -0.2) is 0 Å². The number of aryl methyl sites for hydroxylation is 1. The Balaban J connectivity index is 1.93. The average molecular weight is 277 g/mol. The Bertz CT molecular complexity index is 500. The molecule has 1 heterocycles. The van der Waals surface area contributed by atoms with Crippen LogP contribution in [0, 0.1) is 5.92 Å². The first-order chi connectivity index (χ1) is 9.54. The second-order valence-corrected chi connectivity index (χ2v) is 5.16. The molecule has 108 valence electrons. The third-order valence-corrected chi connectivity index (χ3v) is 3.39. The van der Waals surface area contributed by atoms with Crippen molar-refractivity contribution in [3.8, 4) is 0 Å². The van der Waals surface area contributed by atoms with E-state index < -0.39 is 5.97 Å². The molecule has 2 atom stereocenters. The lowest BCUT2D eigenvalue weighted by Crippen LogP contribution is -2.23. The highest BCUT2D eigenvalue weighted by atomic mass is 16.5. The summed E-state index contributed by atoms with van der Waals surface area (Å²) in [6, 6.07) is 7.31. The Hall–Kier alpha value is -1.88. The van der Waals surface area contributed by atoms with Crippen LogP contribution in [0.1, 0.15) is 25.3 Å². The average Bonchev–Trinajstić information content (AvgIpc) is 2.84. The number of hydrogen-bond donors (Lipinski definition) is 2. The molecule has 5 heteroatoms. The van der Waals surface area contributed by atoms with E-state index in [-0.39, 0.29) is 24.3 Å². The second kappa shape index (κ2) is 6.52. The SMILES string of the molecule is CC1CC(C(=O)Nc2cccc(CCC(=O)O)c2)CO1. The van der Waals surface area contributed by atoms with Gasteiger partial charge < -0.3 is 15.2 Å². The Labute approximate surface area is 117 Å². The van der Waals surface area contributed by atoms with E-state index in [9.17, 15) is 9.59 Å². The molecule has 20 heavy (non-hydrogen) atoms. The number of aliphatic carboxylic acids is 1. The predicted octanol–water partition coefficient (Wildman–Crippen LogP) is 2.07. The Morgan fingerprint density at radius 3 is 2.90 bits per heavy atom. The van der Waals surface area contributed by atoms with Crippen molar-refractivity contribution < 1.29 is 19.4 Å². The van der Waals surface area contributed by atoms with Gasteiger partial charge in [-0.15, -0.1) is 0 Å². The maximum absolute atomic E-state index is 12.1. The van der Waals surface area contributed by atoms with Crippen LogP contribution in [0.5, 0.6) is 0 Å². The maximum atomic E-state index is 12.1. The zero-order valence-electron chi connectivity index (χ0n) is 11.5. The lowest BCUT2D eigenvalue weighted by atomic mass is 10.0. The first-order valence-corrected chi connectivity index (χ1v) is 6.78. The Morgan fingerprint density at radius 2 is 2.25 bits per heavy atom. The summed E-state index contributed by atoms with van der Waals surface area (Å²) in [5.41, 5.74) is 1.61. The number of benzene rings is 1. The van der Waals surface area contributed by atoms with E-state index in [1.807, 2.05) is 25.1 Å². The largest absolute Gasteiger partial charge is 0.481 e. The predicted molar refractivity (Wildman–Crippen MR) is 74.5 cm³/mol. The molecule has 1 aromatic rings. The highest BCUT2D eigenvalue weighted by Gasteiger charge is 2.28. The highest BCUT2D eigenvalue weighted by molar-refractivity contribution is 5.92. The van der Waals surface area contributed by atoms with Gasteiger partial charge in [-0.2, -0.15) is 0 Å². The quantitative estimate of drug-likeness (QED) is 0.864. The third kappa shape index (κ3) is 4.06. The topological polar surface area (TPSA) is 75.6 Å². The van der Waals surface area contributed by atoms with Gasteiger partial charge >= 0.3 is 5.97 Å². The number of carboxylic acid groups (broad SMARTS) is 1.